The highest BCUT2D eigenvalue weighted by molar-refractivity contribution is 9.09. The van der Waals surface area contributed by atoms with Crippen LogP contribution in [0.4, 0.5) is 5.13 Å². The minimum atomic E-state index is 0.0645. The molecule has 0 saturated carbocycles. The van der Waals surface area contributed by atoms with Gasteiger partial charge in [-0.2, -0.15) is 0 Å². The lowest BCUT2D eigenvalue weighted by atomic mass is 10.4. The van der Waals surface area contributed by atoms with Crippen LogP contribution in [0.5, 0.6) is 0 Å². The van der Waals surface area contributed by atoms with Crippen molar-refractivity contribution in [1.82, 2.24) is 10.2 Å². The molecule has 2 heterocycles. The zero-order valence-corrected chi connectivity index (χ0v) is 9.56. The second-order valence-corrected chi connectivity index (χ2v) is 5.48. The maximum atomic E-state index is 11.4. The molecule has 1 atom stereocenters. The van der Waals surface area contributed by atoms with Crippen LogP contribution >= 0.6 is 38.9 Å². The van der Waals surface area contributed by atoms with Gasteiger partial charge in [0.25, 0.3) is 0 Å². The Kier molecular flexibility index (Phi) is 2.53. The number of carbonyl (C=O) groups excluding carboxylic acids is 1. The third kappa shape index (κ3) is 1.84. The van der Waals surface area contributed by atoms with E-state index in [9.17, 15) is 4.79 Å². The molecule has 0 radical (unpaired) electrons. The molecule has 13 heavy (non-hydrogen) atoms. The van der Waals surface area contributed by atoms with Crippen LogP contribution in [-0.4, -0.2) is 27.5 Å². The van der Waals surface area contributed by atoms with Gasteiger partial charge in [-0.3, -0.25) is 9.69 Å². The molecule has 70 valence electrons. The van der Waals surface area contributed by atoms with Crippen molar-refractivity contribution in [2.24, 2.45) is 0 Å². The highest BCUT2D eigenvalue weighted by Gasteiger charge is 2.30. The van der Waals surface area contributed by atoms with Crippen molar-refractivity contribution >= 4 is 49.9 Å². The summed E-state index contributed by atoms with van der Waals surface area (Å²) in [5, 5.41) is 8.03. The van der Waals surface area contributed by atoms with Gasteiger partial charge >= 0.3 is 0 Å². The van der Waals surface area contributed by atoms with Crippen molar-refractivity contribution < 1.29 is 4.79 Å². The second-order valence-electron chi connectivity index (χ2n) is 2.64. The number of amides is 1. The molecule has 1 aliphatic heterocycles. The number of anilines is 1. The first-order valence-electron chi connectivity index (χ1n) is 3.60. The van der Waals surface area contributed by atoms with Crippen LogP contribution < -0.4 is 4.90 Å². The highest BCUT2D eigenvalue weighted by atomic mass is 79.9. The molecule has 1 unspecified atom stereocenters. The Bertz CT molecular complexity index is 344. The fourth-order valence-corrected chi connectivity index (χ4v) is 2.57. The van der Waals surface area contributed by atoms with Crippen molar-refractivity contribution in [3.63, 3.8) is 0 Å². The van der Waals surface area contributed by atoms with Gasteiger partial charge in [0, 0.05) is 17.8 Å². The molecule has 0 bridgehead atoms. The van der Waals surface area contributed by atoms with E-state index in [-0.39, 0.29) is 10.7 Å². The molecule has 2 rings (SSSR count). The lowest BCUT2D eigenvalue weighted by Crippen LogP contribution is -2.24. The first kappa shape index (κ1) is 9.36. The van der Waals surface area contributed by atoms with E-state index >= 15 is 0 Å². The van der Waals surface area contributed by atoms with Crippen molar-refractivity contribution in [3.05, 3.63) is 4.47 Å². The maximum Gasteiger partial charge on any atom is 0.230 e. The highest BCUT2D eigenvalue weighted by Crippen LogP contribution is 2.29. The molecule has 1 aromatic heterocycles. The van der Waals surface area contributed by atoms with Crippen LogP contribution in [-0.2, 0) is 4.79 Å². The van der Waals surface area contributed by atoms with E-state index in [1.54, 1.807) is 4.90 Å². The Balaban J connectivity index is 2.22. The number of carbonyl (C=O) groups is 1. The monoisotopic (exact) mass is 281 g/mol. The smallest absolute Gasteiger partial charge is 0.230 e. The summed E-state index contributed by atoms with van der Waals surface area (Å²) in [7, 11) is 0. The summed E-state index contributed by atoms with van der Waals surface area (Å²) in [6, 6.07) is 0. The Labute approximate surface area is 92.0 Å². The van der Waals surface area contributed by atoms with E-state index in [1.807, 2.05) is 0 Å². The van der Waals surface area contributed by atoms with Gasteiger partial charge in [0.15, 0.2) is 0 Å². The van der Waals surface area contributed by atoms with Gasteiger partial charge < -0.3 is 0 Å². The molecule has 1 fully saturated rings. The van der Waals surface area contributed by atoms with E-state index in [4.69, 9.17) is 11.6 Å². The number of hydrogen-bond donors (Lipinski definition) is 0. The van der Waals surface area contributed by atoms with Crippen LogP contribution in [0.15, 0.2) is 0 Å². The van der Waals surface area contributed by atoms with Crippen molar-refractivity contribution in [2.75, 3.05) is 11.4 Å². The van der Waals surface area contributed by atoms with E-state index in [2.05, 4.69) is 26.1 Å². The summed E-state index contributed by atoms with van der Waals surface area (Å²) in [4.78, 5) is 13.2. The zero-order valence-electron chi connectivity index (χ0n) is 6.41. The zero-order chi connectivity index (χ0) is 9.42. The summed E-state index contributed by atoms with van der Waals surface area (Å²) in [5.74, 6) is 0.0645. The maximum absolute atomic E-state index is 11.4. The van der Waals surface area contributed by atoms with Crippen LogP contribution in [0, 0.1) is 0 Å². The van der Waals surface area contributed by atoms with Crippen molar-refractivity contribution in [1.29, 1.82) is 0 Å². The van der Waals surface area contributed by atoms with Gasteiger partial charge in [0.1, 0.15) is 0 Å². The average molecular weight is 283 g/mol. The SMILES string of the molecule is O=C1CC(Br)CN1c1nnc(Cl)s1. The van der Waals surface area contributed by atoms with Gasteiger partial charge in [-0.1, -0.05) is 27.3 Å². The number of halogens is 2. The van der Waals surface area contributed by atoms with Crippen LogP contribution in [0.1, 0.15) is 6.42 Å². The predicted octanol–water partition coefficient (Wildman–Crippen LogP) is 1.69. The molecule has 0 aromatic carbocycles. The number of hydrogen-bond acceptors (Lipinski definition) is 4. The predicted molar refractivity (Wildman–Crippen MR) is 54.6 cm³/mol. The molecule has 0 spiro atoms. The summed E-state index contributed by atoms with van der Waals surface area (Å²) in [6.07, 6.45) is 0.511. The van der Waals surface area contributed by atoms with Crippen LogP contribution in [0.2, 0.25) is 4.47 Å². The van der Waals surface area contributed by atoms with E-state index in [0.717, 1.165) is 0 Å². The Hall–Kier alpha value is -0.200. The number of rotatable bonds is 1. The minimum Gasteiger partial charge on any atom is -0.285 e. The topological polar surface area (TPSA) is 46.1 Å². The molecule has 0 aliphatic carbocycles. The van der Waals surface area contributed by atoms with Crippen molar-refractivity contribution in [2.45, 2.75) is 11.2 Å². The van der Waals surface area contributed by atoms with Gasteiger partial charge in [-0.05, 0) is 11.6 Å². The van der Waals surface area contributed by atoms with Gasteiger partial charge in [-0.25, -0.2) is 0 Å². The number of aromatic nitrogens is 2. The standard InChI is InChI=1S/C6H5BrClN3OS/c7-3-1-4(12)11(2-3)6-10-9-5(8)13-6/h3H,1-2H2. The minimum absolute atomic E-state index is 0.0645. The lowest BCUT2D eigenvalue weighted by Gasteiger charge is -2.09. The third-order valence-electron chi connectivity index (χ3n) is 1.70. The fourth-order valence-electron chi connectivity index (χ4n) is 1.16. The molecule has 4 nitrogen and oxygen atoms in total. The molecule has 1 saturated heterocycles. The van der Waals surface area contributed by atoms with Gasteiger partial charge in [0.05, 0.1) is 0 Å². The quantitative estimate of drug-likeness (QED) is 0.737. The van der Waals surface area contributed by atoms with Gasteiger partial charge in [0.2, 0.25) is 15.5 Å². The molecule has 7 heteroatoms. The normalized spacial score (nSPS) is 22.8. The molecule has 1 amide bonds. The number of alkyl halides is 1. The van der Waals surface area contributed by atoms with E-state index in [1.165, 1.54) is 11.3 Å². The summed E-state index contributed by atoms with van der Waals surface area (Å²) in [5.41, 5.74) is 0. The first-order chi connectivity index (χ1) is 6.16. The Morgan fingerprint density at radius 1 is 1.62 bits per heavy atom. The molecule has 1 aromatic rings. The van der Waals surface area contributed by atoms with Gasteiger partial charge in [-0.15, -0.1) is 10.2 Å². The first-order valence-corrected chi connectivity index (χ1v) is 5.71. The summed E-state index contributed by atoms with van der Waals surface area (Å²) >= 11 is 10.2. The fraction of sp³-hybridized carbons (Fsp3) is 0.500. The molecular weight excluding hydrogens is 278 g/mol. The summed E-state index contributed by atoms with van der Waals surface area (Å²) in [6.45, 7) is 0.643. The summed E-state index contributed by atoms with van der Waals surface area (Å²) < 4.78 is 0.362. The molecule has 1 aliphatic rings. The number of nitrogens with zero attached hydrogens (tertiary/aromatic N) is 3. The third-order valence-corrected chi connectivity index (χ3v) is 3.35. The Morgan fingerprint density at radius 3 is 2.85 bits per heavy atom. The van der Waals surface area contributed by atoms with Crippen LogP contribution in [0.3, 0.4) is 0 Å². The van der Waals surface area contributed by atoms with E-state index < -0.39 is 0 Å². The molecular formula is C6H5BrClN3OS. The Morgan fingerprint density at radius 2 is 2.38 bits per heavy atom. The largest absolute Gasteiger partial charge is 0.285 e. The van der Waals surface area contributed by atoms with Crippen LogP contribution in [0.25, 0.3) is 0 Å². The second kappa shape index (κ2) is 3.51. The molecule has 0 N–H and O–H groups in total. The van der Waals surface area contributed by atoms with Crippen molar-refractivity contribution in [3.8, 4) is 0 Å². The van der Waals surface area contributed by atoms with E-state index in [0.29, 0.717) is 22.6 Å². The lowest BCUT2D eigenvalue weighted by molar-refractivity contribution is -0.117. The average Bonchev–Trinajstić information content (AvgIpc) is 2.58.